The van der Waals surface area contributed by atoms with E-state index in [0.717, 1.165) is 42.7 Å². The molecule has 1 saturated heterocycles. The summed E-state index contributed by atoms with van der Waals surface area (Å²) in [7, 11) is 0. The van der Waals surface area contributed by atoms with Crippen LogP contribution < -0.4 is 4.74 Å². The molecular weight excluding hydrogens is 366 g/mol. The van der Waals surface area contributed by atoms with E-state index in [1.165, 1.54) is 18.4 Å². The molecule has 1 atom stereocenters. The summed E-state index contributed by atoms with van der Waals surface area (Å²) in [6.45, 7) is 6.91. The first-order valence-electron chi connectivity index (χ1n) is 10.7. The predicted octanol–water partition coefficient (Wildman–Crippen LogP) is 3.38. The lowest BCUT2D eigenvalue weighted by Crippen LogP contribution is -2.53. The van der Waals surface area contributed by atoms with Gasteiger partial charge in [-0.1, -0.05) is 13.8 Å². The number of piperazine rings is 1. The lowest BCUT2D eigenvalue weighted by molar-refractivity contribution is -0.135. The van der Waals surface area contributed by atoms with E-state index in [-0.39, 0.29) is 24.5 Å². The molecule has 1 fully saturated rings. The first-order valence-corrected chi connectivity index (χ1v) is 10.7. The molecule has 6 heteroatoms. The molecule has 1 aromatic heterocycles. The number of benzene rings is 1. The largest absolute Gasteiger partial charge is 0.484 e. The number of ether oxygens (including phenoxy) is 1. The zero-order chi connectivity index (χ0) is 20.4. The van der Waals surface area contributed by atoms with Crippen LogP contribution in [0.3, 0.4) is 0 Å². The monoisotopic (exact) mass is 395 g/mol. The van der Waals surface area contributed by atoms with E-state index in [4.69, 9.17) is 9.15 Å². The third-order valence-corrected chi connectivity index (χ3v) is 6.11. The maximum atomic E-state index is 12.6. The van der Waals surface area contributed by atoms with Crippen LogP contribution >= 0.6 is 0 Å². The van der Waals surface area contributed by atoms with Crippen molar-refractivity contribution in [3.63, 3.8) is 0 Å². The van der Waals surface area contributed by atoms with Gasteiger partial charge in [-0.25, -0.2) is 0 Å². The number of amides is 1. The van der Waals surface area contributed by atoms with Gasteiger partial charge < -0.3 is 14.1 Å². The Bertz CT molecular complexity index is 919. The minimum Gasteiger partial charge on any atom is -0.484 e. The number of fused-ring (bicyclic) bond motifs is 3. The van der Waals surface area contributed by atoms with E-state index < -0.39 is 0 Å². The van der Waals surface area contributed by atoms with Crippen LogP contribution in [0, 0.1) is 17.2 Å². The molecule has 1 aliphatic heterocycles. The molecule has 0 radical (unpaired) electrons. The highest BCUT2D eigenvalue weighted by molar-refractivity contribution is 5.84. The Morgan fingerprint density at radius 2 is 1.97 bits per heavy atom. The molecule has 154 valence electrons. The number of rotatable bonds is 5. The minimum absolute atomic E-state index is 0.00276. The number of nitrogens with zero attached hydrogens (tertiary/aromatic N) is 3. The van der Waals surface area contributed by atoms with Gasteiger partial charge >= 0.3 is 0 Å². The second-order valence-electron chi connectivity index (χ2n) is 8.39. The lowest BCUT2D eigenvalue weighted by Gasteiger charge is -2.38. The molecule has 6 nitrogen and oxygen atoms in total. The van der Waals surface area contributed by atoms with Crippen molar-refractivity contribution >= 4 is 16.9 Å². The fraction of sp³-hybridized carbons (Fsp3) is 0.565. The van der Waals surface area contributed by atoms with Crippen LogP contribution in [0.1, 0.15) is 38.0 Å². The van der Waals surface area contributed by atoms with Crippen LogP contribution in [0.5, 0.6) is 5.75 Å². The van der Waals surface area contributed by atoms with Crippen LogP contribution in [0.25, 0.3) is 11.0 Å². The quantitative estimate of drug-likeness (QED) is 0.776. The Labute approximate surface area is 172 Å². The van der Waals surface area contributed by atoms with E-state index in [1.807, 2.05) is 23.1 Å². The third kappa shape index (κ3) is 4.11. The van der Waals surface area contributed by atoms with Crippen LogP contribution in [0.2, 0.25) is 0 Å². The number of carbonyl (C=O) groups excluding carboxylic acids is 1. The normalized spacial score (nSPS) is 18.5. The molecule has 1 aliphatic carbocycles. The van der Waals surface area contributed by atoms with Crippen molar-refractivity contribution in [2.45, 2.75) is 45.6 Å². The maximum Gasteiger partial charge on any atom is 0.260 e. The fourth-order valence-corrected chi connectivity index (χ4v) is 4.47. The first kappa shape index (κ1) is 19.8. The molecule has 29 heavy (non-hydrogen) atoms. The van der Waals surface area contributed by atoms with E-state index >= 15 is 0 Å². The summed E-state index contributed by atoms with van der Waals surface area (Å²) in [5, 5.41) is 10.5. The minimum atomic E-state index is -0.0869. The zero-order valence-corrected chi connectivity index (χ0v) is 17.3. The van der Waals surface area contributed by atoms with Crippen LogP contribution in [0.15, 0.2) is 22.6 Å². The van der Waals surface area contributed by atoms with Gasteiger partial charge in [0.25, 0.3) is 5.91 Å². The molecule has 1 amide bonds. The second kappa shape index (κ2) is 8.46. The zero-order valence-electron chi connectivity index (χ0n) is 17.3. The standard InChI is InChI=1S/C23H29N3O3/c1-16(2)20(14-24)25-9-11-26(12-10-25)23(27)15-28-17-7-8-22-19(13-17)18-5-3-4-6-21(18)29-22/h7-8,13,16,20H,3-6,9-12,15H2,1-2H3. The highest BCUT2D eigenvalue weighted by atomic mass is 16.5. The Kier molecular flexibility index (Phi) is 5.77. The average Bonchev–Trinajstić information content (AvgIpc) is 3.11. The van der Waals surface area contributed by atoms with Gasteiger partial charge in [-0.05, 0) is 43.4 Å². The summed E-state index contributed by atoms with van der Waals surface area (Å²) in [6.07, 6.45) is 4.44. The average molecular weight is 396 g/mol. The number of furan rings is 1. The van der Waals surface area contributed by atoms with Crippen molar-refractivity contribution in [3.8, 4) is 11.8 Å². The molecule has 0 bridgehead atoms. The van der Waals surface area contributed by atoms with Crippen LogP contribution in [-0.4, -0.2) is 54.5 Å². The van der Waals surface area contributed by atoms with Gasteiger partial charge in [0.2, 0.25) is 0 Å². The topological polar surface area (TPSA) is 69.7 Å². The van der Waals surface area contributed by atoms with E-state index in [2.05, 4.69) is 24.8 Å². The second-order valence-corrected chi connectivity index (χ2v) is 8.39. The summed E-state index contributed by atoms with van der Waals surface area (Å²) in [5.74, 6) is 2.10. The molecule has 0 N–H and O–H groups in total. The fourth-order valence-electron chi connectivity index (χ4n) is 4.47. The molecule has 0 spiro atoms. The highest BCUT2D eigenvalue weighted by Crippen LogP contribution is 2.33. The highest BCUT2D eigenvalue weighted by Gasteiger charge is 2.28. The number of carbonyl (C=O) groups is 1. The molecule has 2 heterocycles. The van der Waals surface area contributed by atoms with E-state index in [1.54, 1.807) is 0 Å². The van der Waals surface area contributed by atoms with Crippen molar-refractivity contribution in [2.75, 3.05) is 32.8 Å². The van der Waals surface area contributed by atoms with Crippen molar-refractivity contribution in [3.05, 3.63) is 29.5 Å². The number of nitriles is 1. The van der Waals surface area contributed by atoms with Gasteiger partial charge in [0.15, 0.2) is 6.61 Å². The maximum absolute atomic E-state index is 12.6. The molecule has 4 rings (SSSR count). The SMILES string of the molecule is CC(C)C(C#N)N1CCN(C(=O)COc2ccc3oc4c(c3c2)CCCC4)CC1. The predicted molar refractivity (Wildman–Crippen MR) is 111 cm³/mol. The smallest absolute Gasteiger partial charge is 0.260 e. The van der Waals surface area contributed by atoms with Gasteiger partial charge in [0.05, 0.1) is 6.07 Å². The van der Waals surface area contributed by atoms with Crippen molar-refractivity contribution < 1.29 is 13.9 Å². The molecular formula is C23H29N3O3. The van der Waals surface area contributed by atoms with Gasteiger partial charge in [-0.15, -0.1) is 0 Å². The summed E-state index contributed by atoms with van der Waals surface area (Å²) >= 11 is 0. The summed E-state index contributed by atoms with van der Waals surface area (Å²) in [4.78, 5) is 16.6. The van der Waals surface area contributed by atoms with Crippen LogP contribution in [0.4, 0.5) is 0 Å². The Morgan fingerprint density at radius 1 is 1.21 bits per heavy atom. The molecule has 1 unspecified atom stereocenters. The Morgan fingerprint density at radius 3 is 2.69 bits per heavy atom. The van der Waals surface area contributed by atoms with Crippen molar-refractivity contribution in [1.29, 1.82) is 5.26 Å². The van der Waals surface area contributed by atoms with Gasteiger partial charge in [0.1, 0.15) is 23.1 Å². The Balaban J connectivity index is 1.34. The van der Waals surface area contributed by atoms with Gasteiger partial charge in [-0.3, -0.25) is 9.69 Å². The van der Waals surface area contributed by atoms with Crippen molar-refractivity contribution in [1.82, 2.24) is 9.80 Å². The van der Waals surface area contributed by atoms with Crippen molar-refractivity contribution in [2.24, 2.45) is 5.92 Å². The third-order valence-electron chi connectivity index (χ3n) is 6.11. The summed E-state index contributed by atoms with van der Waals surface area (Å²) in [6, 6.07) is 8.13. The van der Waals surface area contributed by atoms with E-state index in [9.17, 15) is 10.1 Å². The van der Waals surface area contributed by atoms with Crippen LogP contribution in [-0.2, 0) is 17.6 Å². The van der Waals surface area contributed by atoms with E-state index in [0.29, 0.717) is 18.8 Å². The lowest BCUT2D eigenvalue weighted by atomic mass is 9.96. The van der Waals surface area contributed by atoms with Gasteiger partial charge in [0, 0.05) is 43.5 Å². The molecule has 2 aromatic rings. The molecule has 0 saturated carbocycles. The molecule has 2 aliphatic rings. The first-order chi connectivity index (χ1) is 14.1. The number of aryl methyl sites for hydroxylation is 2. The summed E-state index contributed by atoms with van der Waals surface area (Å²) < 4.78 is 11.8. The summed E-state index contributed by atoms with van der Waals surface area (Å²) in [5.41, 5.74) is 2.21. The number of hydrogen-bond acceptors (Lipinski definition) is 5. The molecule has 1 aromatic carbocycles. The van der Waals surface area contributed by atoms with Gasteiger partial charge in [-0.2, -0.15) is 5.26 Å². The Hall–Kier alpha value is -2.52. The number of hydrogen-bond donors (Lipinski definition) is 0.